The average Bonchev–Trinajstić information content (AvgIpc) is 2.61. The maximum atomic E-state index is 12.1. The van der Waals surface area contributed by atoms with Crippen LogP contribution in [0.3, 0.4) is 0 Å². The van der Waals surface area contributed by atoms with E-state index in [1.165, 1.54) is 27.9 Å². The molecule has 1 aromatic carbocycles. The first kappa shape index (κ1) is 17.0. The quantitative estimate of drug-likeness (QED) is 0.535. The average molecular weight is 324 g/mol. The van der Waals surface area contributed by atoms with Gasteiger partial charge in [0.2, 0.25) is 0 Å². The van der Waals surface area contributed by atoms with Crippen molar-refractivity contribution >= 4 is 11.5 Å². The predicted octanol–water partition coefficient (Wildman–Crippen LogP) is 5.41. The van der Waals surface area contributed by atoms with E-state index in [1.54, 1.807) is 0 Å². The lowest BCUT2D eigenvalue weighted by atomic mass is 9.35. The molecule has 0 N–H and O–H groups in total. The molecule has 3 unspecified atom stereocenters. The van der Waals surface area contributed by atoms with Crippen LogP contribution in [0.2, 0.25) is 0 Å². The molecular formula is C22H28O2. The van der Waals surface area contributed by atoms with Crippen molar-refractivity contribution in [2.75, 3.05) is 6.61 Å². The van der Waals surface area contributed by atoms with Crippen LogP contribution in [-0.4, -0.2) is 12.6 Å². The number of fused-ring (bicyclic) bond motifs is 1. The fourth-order valence-corrected chi connectivity index (χ4v) is 4.63. The second kappa shape index (κ2) is 5.61. The van der Waals surface area contributed by atoms with Crippen LogP contribution in [0.1, 0.15) is 53.5 Å². The summed E-state index contributed by atoms with van der Waals surface area (Å²) < 4.78 is 5.68. The van der Waals surface area contributed by atoms with Crippen molar-refractivity contribution in [2.24, 2.45) is 16.7 Å². The van der Waals surface area contributed by atoms with Gasteiger partial charge in [0.25, 0.3) is 0 Å². The Balaban J connectivity index is 1.97. The Hall–Kier alpha value is -1.83. The molecule has 3 rings (SSSR count). The van der Waals surface area contributed by atoms with Crippen molar-refractivity contribution in [2.45, 2.75) is 48.0 Å². The number of hydrogen-bond donors (Lipinski definition) is 0. The summed E-state index contributed by atoms with van der Waals surface area (Å²) in [4.78, 5) is 12.1. The molecule has 2 heteroatoms. The van der Waals surface area contributed by atoms with Gasteiger partial charge in [0.15, 0.2) is 0 Å². The highest BCUT2D eigenvalue weighted by Gasteiger charge is 2.67. The molecule has 0 saturated heterocycles. The summed E-state index contributed by atoms with van der Waals surface area (Å²) in [5, 5.41) is 0. The number of hydrogen-bond acceptors (Lipinski definition) is 2. The monoisotopic (exact) mass is 324 g/mol. The van der Waals surface area contributed by atoms with Crippen LogP contribution in [0.15, 0.2) is 47.1 Å². The van der Waals surface area contributed by atoms with E-state index in [9.17, 15) is 4.79 Å². The van der Waals surface area contributed by atoms with E-state index in [-0.39, 0.29) is 22.7 Å². The largest absolute Gasteiger partial charge is 0.461 e. The maximum Gasteiger partial charge on any atom is 0.308 e. The number of rotatable bonds is 5. The molecule has 0 heterocycles. The summed E-state index contributed by atoms with van der Waals surface area (Å²) in [7, 11) is 0. The van der Waals surface area contributed by atoms with E-state index in [0.29, 0.717) is 6.61 Å². The highest BCUT2D eigenvalue weighted by molar-refractivity contribution is 5.90. The molecule has 128 valence electrons. The molecule has 0 bridgehead atoms. The Morgan fingerprint density at radius 3 is 2.25 bits per heavy atom. The zero-order valence-electron chi connectivity index (χ0n) is 15.7. The molecule has 2 aliphatic rings. The first-order valence-electron chi connectivity index (χ1n) is 8.94. The van der Waals surface area contributed by atoms with Gasteiger partial charge in [0.05, 0.1) is 5.92 Å². The lowest BCUT2D eigenvalue weighted by Crippen LogP contribution is -2.59. The second-order valence-corrected chi connectivity index (χ2v) is 7.64. The summed E-state index contributed by atoms with van der Waals surface area (Å²) >= 11 is 0. The number of benzene rings is 1. The lowest BCUT2D eigenvalue weighted by Gasteiger charge is -2.68. The summed E-state index contributed by atoms with van der Waals surface area (Å²) in [6.07, 6.45) is 0.816. The van der Waals surface area contributed by atoms with Gasteiger partial charge in [-0.25, -0.2) is 0 Å². The van der Waals surface area contributed by atoms with Crippen LogP contribution in [0.4, 0.5) is 0 Å². The molecule has 0 aromatic heterocycles. The van der Waals surface area contributed by atoms with Crippen LogP contribution < -0.4 is 0 Å². The van der Waals surface area contributed by atoms with E-state index >= 15 is 0 Å². The first-order valence-corrected chi connectivity index (χ1v) is 8.94. The molecule has 0 saturated carbocycles. The second-order valence-electron chi connectivity index (χ2n) is 7.64. The van der Waals surface area contributed by atoms with Gasteiger partial charge in [-0.15, -0.1) is 0 Å². The molecular weight excluding hydrogens is 296 g/mol. The minimum Gasteiger partial charge on any atom is -0.461 e. The fourth-order valence-electron chi connectivity index (χ4n) is 4.63. The molecule has 0 fully saturated rings. The molecule has 2 nitrogen and oxygen atoms in total. The van der Waals surface area contributed by atoms with E-state index in [1.807, 2.05) is 19.9 Å². The zero-order chi connectivity index (χ0) is 17.7. The normalized spacial score (nSPS) is 29.6. The summed E-state index contributed by atoms with van der Waals surface area (Å²) in [6.45, 7) is 13.4. The summed E-state index contributed by atoms with van der Waals surface area (Å²) in [5.74, 6) is -0.128. The summed E-state index contributed by atoms with van der Waals surface area (Å²) in [5.41, 5.74) is 6.86. The van der Waals surface area contributed by atoms with Gasteiger partial charge in [-0.05, 0) is 37.0 Å². The van der Waals surface area contributed by atoms with E-state index in [0.717, 1.165) is 6.42 Å². The summed E-state index contributed by atoms with van der Waals surface area (Å²) in [6, 6.07) is 10.5. The Morgan fingerprint density at radius 1 is 1.08 bits per heavy atom. The maximum absolute atomic E-state index is 12.1. The van der Waals surface area contributed by atoms with Gasteiger partial charge in [0.1, 0.15) is 6.61 Å². The van der Waals surface area contributed by atoms with E-state index in [2.05, 4.69) is 52.0 Å². The van der Waals surface area contributed by atoms with Gasteiger partial charge >= 0.3 is 5.97 Å². The third-order valence-electron chi connectivity index (χ3n) is 6.90. The van der Waals surface area contributed by atoms with Gasteiger partial charge in [0, 0.05) is 10.8 Å². The van der Waals surface area contributed by atoms with E-state index in [4.69, 9.17) is 4.74 Å². The number of carbonyl (C=O) groups is 1. The molecule has 1 aromatic rings. The van der Waals surface area contributed by atoms with Crippen LogP contribution in [0.25, 0.3) is 5.57 Å². The lowest BCUT2D eigenvalue weighted by molar-refractivity contribution is -0.147. The molecule has 0 aliphatic heterocycles. The molecule has 2 aliphatic carbocycles. The van der Waals surface area contributed by atoms with Crippen LogP contribution in [0, 0.1) is 16.7 Å². The van der Waals surface area contributed by atoms with Gasteiger partial charge in [-0.1, -0.05) is 69.2 Å². The SMILES string of the molecule is CCC(C)C(=O)OCC1=C(c2ccccc2)C2(C)C(C)=C(C)C12C. The van der Waals surface area contributed by atoms with Crippen LogP contribution >= 0.6 is 0 Å². The van der Waals surface area contributed by atoms with Crippen molar-refractivity contribution in [1.82, 2.24) is 0 Å². The fraction of sp³-hybridized carbons (Fsp3) is 0.500. The smallest absolute Gasteiger partial charge is 0.308 e. The third kappa shape index (κ3) is 1.92. The van der Waals surface area contributed by atoms with Crippen LogP contribution in [0.5, 0.6) is 0 Å². The highest BCUT2D eigenvalue weighted by Crippen LogP contribution is 2.77. The Bertz CT molecular complexity index is 740. The van der Waals surface area contributed by atoms with E-state index < -0.39 is 0 Å². The first-order chi connectivity index (χ1) is 11.3. The Morgan fingerprint density at radius 2 is 1.67 bits per heavy atom. The highest BCUT2D eigenvalue weighted by atomic mass is 16.5. The van der Waals surface area contributed by atoms with Gasteiger partial charge in [-0.2, -0.15) is 0 Å². The van der Waals surface area contributed by atoms with Crippen LogP contribution in [-0.2, 0) is 9.53 Å². The van der Waals surface area contributed by atoms with Crippen molar-refractivity contribution in [3.8, 4) is 0 Å². The van der Waals surface area contributed by atoms with Crippen molar-refractivity contribution in [1.29, 1.82) is 0 Å². The van der Waals surface area contributed by atoms with Gasteiger partial charge in [-0.3, -0.25) is 4.79 Å². The minimum atomic E-state index is -0.0905. The Kier molecular flexibility index (Phi) is 3.98. The third-order valence-corrected chi connectivity index (χ3v) is 6.90. The predicted molar refractivity (Wildman–Crippen MR) is 98.4 cm³/mol. The standard InChI is InChI=1S/C22H28O2/c1-7-14(2)20(23)24-13-18-19(17-11-9-8-10-12-17)22(6)16(4)15(3)21(18,22)5/h8-12,14H,7,13H2,1-6H3. The zero-order valence-corrected chi connectivity index (χ0v) is 15.7. The number of carbonyl (C=O) groups excluding carboxylic acids is 1. The molecule has 0 spiro atoms. The van der Waals surface area contributed by atoms with Crippen molar-refractivity contribution in [3.63, 3.8) is 0 Å². The molecule has 3 atom stereocenters. The number of allylic oxidation sites excluding steroid dienone is 3. The number of esters is 1. The molecule has 0 amide bonds. The molecule has 0 radical (unpaired) electrons. The van der Waals surface area contributed by atoms with Crippen molar-refractivity contribution < 1.29 is 9.53 Å². The topological polar surface area (TPSA) is 26.3 Å². The minimum absolute atomic E-state index is 0.0258. The van der Waals surface area contributed by atoms with Gasteiger partial charge < -0.3 is 4.74 Å². The molecule has 24 heavy (non-hydrogen) atoms. The Labute approximate surface area is 145 Å². The van der Waals surface area contributed by atoms with Crippen molar-refractivity contribution in [3.05, 3.63) is 52.6 Å². The number of ether oxygens (including phenoxy) is 1.